The zero-order chi connectivity index (χ0) is 15.1. The highest BCUT2D eigenvalue weighted by Crippen LogP contribution is 2.24. The first kappa shape index (κ1) is 16.0. The molecule has 0 bridgehead atoms. The van der Waals surface area contributed by atoms with Gasteiger partial charge in [-0.15, -0.1) is 0 Å². The highest BCUT2D eigenvalue weighted by atomic mass is 16.5. The van der Waals surface area contributed by atoms with E-state index in [9.17, 15) is 4.79 Å². The van der Waals surface area contributed by atoms with Crippen molar-refractivity contribution in [1.29, 1.82) is 0 Å². The van der Waals surface area contributed by atoms with E-state index in [-0.39, 0.29) is 18.1 Å². The Labute approximate surface area is 126 Å². The third kappa shape index (κ3) is 4.32. The Bertz CT molecular complexity index is 413. The third-order valence-electron chi connectivity index (χ3n) is 3.95. The topological polar surface area (TPSA) is 54.7 Å². The van der Waals surface area contributed by atoms with E-state index in [2.05, 4.69) is 10.2 Å². The van der Waals surface area contributed by atoms with Crippen molar-refractivity contribution in [2.45, 2.75) is 45.3 Å². The lowest BCUT2D eigenvalue weighted by Crippen LogP contribution is -2.41. The van der Waals surface area contributed by atoms with Crippen molar-refractivity contribution in [3.05, 3.63) is 24.2 Å². The maximum absolute atomic E-state index is 12.2. The smallest absolute Gasteiger partial charge is 0.249 e. The second-order valence-electron chi connectivity index (χ2n) is 5.37. The summed E-state index contributed by atoms with van der Waals surface area (Å²) in [6.45, 7) is 7.11. The van der Waals surface area contributed by atoms with Crippen molar-refractivity contribution in [3.8, 4) is 0 Å². The molecule has 1 amide bonds. The lowest BCUT2D eigenvalue weighted by molar-refractivity contribution is -0.133. The molecule has 2 rings (SSSR count). The first-order valence-electron chi connectivity index (χ1n) is 7.93. The highest BCUT2D eigenvalue weighted by molar-refractivity contribution is 5.80. The van der Waals surface area contributed by atoms with Gasteiger partial charge in [-0.05, 0) is 51.4 Å². The molecule has 1 fully saturated rings. The van der Waals surface area contributed by atoms with Gasteiger partial charge in [-0.3, -0.25) is 9.69 Å². The molecule has 1 aliphatic rings. The first-order valence-corrected chi connectivity index (χ1v) is 7.93. The summed E-state index contributed by atoms with van der Waals surface area (Å²) in [5, 5.41) is 3.02. The van der Waals surface area contributed by atoms with Gasteiger partial charge in [-0.25, -0.2) is 0 Å². The SMILES string of the molecule is CCO[C@H](CC)C(=O)NC[C@@H](c1ccco1)N1CCCC1. The van der Waals surface area contributed by atoms with Gasteiger partial charge in [-0.1, -0.05) is 6.92 Å². The third-order valence-corrected chi connectivity index (χ3v) is 3.95. The van der Waals surface area contributed by atoms with E-state index >= 15 is 0 Å². The average molecular weight is 294 g/mol. The van der Waals surface area contributed by atoms with E-state index in [0.29, 0.717) is 19.6 Å². The number of rotatable bonds is 8. The number of nitrogens with one attached hydrogen (secondary N) is 1. The predicted octanol–water partition coefficient (Wildman–Crippen LogP) is 2.35. The van der Waals surface area contributed by atoms with Crippen LogP contribution in [-0.4, -0.2) is 43.2 Å². The lowest BCUT2D eigenvalue weighted by Gasteiger charge is -2.26. The summed E-state index contributed by atoms with van der Waals surface area (Å²) < 4.78 is 11.0. The van der Waals surface area contributed by atoms with E-state index in [1.165, 1.54) is 12.8 Å². The fraction of sp³-hybridized carbons (Fsp3) is 0.688. The van der Waals surface area contributed by atoms with E-state index in [1.54, 1.807) is 6.26 Å². The molecule has 0 radical (unpaired) electrons. The van der Waals surface area contributed by atoms with Crippen molar-refractivity contribution in [2.24, 2.45) is 0 Å². The number of ether oxygens (including phenoxy) is 1. The molecule has 1 aromatic rings. The minimum atomic E-state index is -0.356. The van der Waals surface area contributed by atoms with Crippen LogP contribution in [0.5, 0.6) is 0 Å². The molecule has 1 aromatic heterocycles. The van der Waals surface area contributed by atoms with Crippen LogP contribution in [0.4, 0.5) is 0 Å². The molecule has 0 aromatic carbocycles. The number of amides is 1. The molecule has 5 heteroatoms. The second-order valence-corrected chi connectivity index (χ2v) is 5.37. The van der Waals surface area contributed by atoms with Crippen molar-refractivity contribution in [2.75, 3.05) is 26.2 Å². The van der Waals surface area contributed by atoms with Crippen LogP contribution >= 0.6 is 0 Å². The van der Waals surface area contributed by atoms with Crippen LogP contribution in [0.15, 0.2) is 22.8 Å². The molecule has 0 unspecified atom stereocenters. The molecular formula is C16H26N2O3. The van der Waals surface area contributed by atoms with Gasteiger partial charge in [-0.2, -0.15) is 0 Å². The van der Waals surface area contributed by atoms with Crippen LogP contribution in [0.2, 0.25) is 0 Å². The van der Waals surface area contributed by atoms with E-state index in [4.69, 9.17) is 9.15 Å². The number of nitrogens with zero attached hydrogens (tertiary/aromatic N) is 1. The summed E-state index contributed by atoms with van der Waals surface area (Å²) in [5.41, 5.74) is 0. The van der Waals surface area contributed by atoms with Crippen LogP contribution in [-0.2, 0) is 9.53 Å². The molecule has 2 heterocycles. The largest absolute Gasteiger partial charge is 0.468 e. The zero-order valence-electron chi connectivity index (χ0n) is 13.0. The average Bonchev–Trinajstić information content (AvgIpc) is 3.18. The Morgan fingerprint density at radius 1 is 1.43 bits per heavy atom. The Morgan fingerprint density at radius 2 is 2.19 bits per heavy atom. The highest BCUT2D eigenvalue weighted by Gasteiger charge is 2.27. The van der Waals surface area contributed by atoms with Crippen molar-refractivity contribution < 1.29 is 13.9 Å². The fourth-order valence-corrected chi connectivity index (χ4v) is 2.83. The molecule has 0 spiro atoms. The lowest BCUT2D eigenvalue weighted by atomic mass is 10.2. The molecular weight excluding hydrogens is 268 g/mol. The van der Waals surface area contributed by atoms with Crippen molar-refractivity contribution >= 4 is 5.91 Å². The number of likely N-dealkylation sites (tertiary alicyclic amines) is 1. The van der Waals surface area contributed by atoms with E-state index in [0.717, 1.165) is 18.8 Å². The molecule has 1 aliphatic heterocycles. The molecule has 0 saturated carbocycles. The fourth-order valence-electron chi connectivity index (χ4n) is 2.83. The molecule has 118 valence electrons. The van der Waals surface area contributed by atoms with Crippen LogP contribution < -0.4 is 5.32 Å². The number of carbonyl (C=O) groups excluding carboxylic acids is 1. The van der Waals surface area contributed by atoms with Crippen LogP contribution in [0.3, 0.4) is 0 Å². The number of furan rings is 1. The first-order chi connectivity index (χ1) is 10.3. The van der Waals surface area contributed by atoms with Gasteiger partial charge < -0.3 is 14.5 Å². The molecule has 1 saturated heterocycles. The Balaban J connectivity index is 1.94. The molecule has 1 N–H and O–H groups in total. The minimum Gasteiger partial charge on any atom is -0.468 e. The minimum absolute atomic E-state index is 0.0323. The Hall–Kier alpha value is -1.33. The van der Waals surface area contributed by atoms with Gasteiger partial charge in [0.25, 0.3) is 0 Å². The Morgan fingerprint density at radius 3 is 2.76 bits per heavy atom. The summed E-state index contributed by atoms with van der Waals surface area (Å²) in [7, 11) is 0. The maximum Gasteiger partial charge on any atom is 0.249 e. The number of hydrogen-bond acceptors (Lipinski definition) is 4. The summed E-state index contributed by atoms with van der Waals surface area (Å²) in [4.78, 5) is 14.5. The second kappa shape index (κ2) is 8.20. The van der Waals surface area contributed by atoms with Crippen molar-refractivity contribution in [3.63, 3.8) is 0 Å². The Kier molecular flexibility index (Phi) is 6.26. The van der Waals surface area contributed by atoms with Gasteiger partial charge in [0, 0.05) is 13.2 Å². The summed E-state index contributed by atoms with van der Waals surface area (Å²) in [6.07, 6.45) is 4.44. The molecule has 21 heavy (non-hydrogen) atoms. The van der Waals surface area contributed by atoms with Crippen LogP contribution in [0.25, 0.3) is 0 Å². The van der Waals surface area contributed by atoms with Gasteiger partial charge in [0.2, 0.25) is 5.91 Å². The monoisotopic (exact) mass is 294 g/mol. The zero-order valence-corrected chi connectivity index (χ0v) is 13.0. The van der Waals surface area contributed by atoms with Crippen LogP contribution in [0, 0.1) is 0 Å². The standard InChI is InChI=1S/C16H26N2O3/c1-3-14(20-4-2)16(19)17-12-13(15-8-7-11-21-15)18-9-5-6-10-18/h7-8,11,13-14H,3-6,9-10,12H2,1-2H3,(H,17,19)/t13-,14+/m0/s1. The van der Waals surface area contributed by atoms with Gasteiger partial charge >= 0.3 is 0 Å². The predicted molar refractivity (Wildman–Crippen MR) is 81.0 cm³/mol. The molecule has 2 atom stereocenters. The summed E-state index contributed by atoms with van der Waals surface area (Å²) >= 11 is 0. The number of carbonyl (C=O) groups is 1. The maximum atomic E-state index is 12.2. The van der Waals surface area contributed by atoms with E-state index in [1.807, 2.05) is 26.0 Å². The van der Waals surface area contributed by atoms with Gasteiger partial charge in [0.1, 0.15) is 11.9 Å². The van der Waals surface area contributed by atoms with Gasteiger partial charge in [0.05, 0.1) is 12.3 Å². The van der Waals surface area contributed by atoms with Crippen molar-refractivity contribution in [1.82, 2.24) is 10.2 Å². The molecule has 0 aliphatic carbocycles. The van der Waals surface area contributed by atoms with E-state index < -0.39 is 0 Å². The summed E-state index contributed by atoms with van der Waals surface area (Å²) in [5.74, 6) is 0.886. The quantitative estimate of drug-likeness (QED) is 0.799. The number of hydrogen-bond donors (Lipinski definition) is 1. The van der Waals surface area contributed by atoms with Gasteiger partial charge in [0.15, 0.2) is 0 Å². The normalized spacial score (nSPS) is 18.6. The molecule has 5 nitrogen and oxygen atoms in total. The summed E-state index contributed by atoms with van der Waals surface area (Å²) in [6, 6.07) is 4.00. The van der Waals surface area contributed by atoms with Crippen LogP contribution in [0.1, 0.15) is 44.9 Å².